The van der Waals surface area contributed by atoms with Crippen LogP contribution in [0.2, 0.25) is 0 Å². The van der Waals surface area contributed by atoms with Crippen LogP contribution in [0.5, 0.6) is 17.2 Å². The number of rotatable bonds is 7. The molecule has 1 heterocycles. The maximum absolute atomic E-state index is 13.2. The number of hydrogen-bond donors (Lipinski definition) is 0. The molecule has 0 spiro atoms. The molecule has 0 radical (unpaired) electrons. The van der Waals surface area contributed by atoms with Gasteiger partial charge in [0.2, 0.25) is 5.75 Å². The van der Waals surface area contributed by atoms with E-state index in [1.54, 1.807) is 17.0 Å². The van der Waals surface area contributed by atoms with Gasteiger partial charge in [0, 0.05) is 18.2 Å². The van der Waals surface area contributed by atoms with Crippen molar-refractivity contribution in [3.05, 3.63) is 17.7 Å². The molecule has 0 N–H and O–H groups in total. The highest BCUT2D eigenvalue weighted by Gasteiger charge is 2.35. The minimum Gasteiger partial charge on any atom is -0.493 e. The maximum atomic E-state index is 13.2. The number of methoxy groups -OCH3 is 3. The first-order chi connectivity index (χ1) is 12.2. The Morgan fingerprint density at radius 2 is 1.73 bits per heavy atom. The molecule has 0 bridgehead atoms. The summed E-state index contributed by atoms with van der Waals surface area (Å²) in [4.78, 5) is 14.9. The monoisotopic (exact) mass is 385 g/mol. The lowest BCUT2D eigenvalue weighted by molar-refractivity contribution is 0.0671. The summed E-state index contributed by atoms with van der Waals surface area (Å²) in [6.07, 6.45) is 0.464. The van der Waals surface area contributed by atoms with Gasteiger partial charge >= 0.3 is 0 Å². The summed E-state index contributed by atoms with van der Waals surface area (Å²) in [6, 6.07) is 2.88. The van der Waals surface area contributed by atoms with E-state index in [1.807, 2.05) is 13.8 Å². The Morgan fingerprint density at radius 1 is 1.15 bits per heavy atom. The first-order valence-corrected chi connectivity index (χ1v) is 10.4. The molecule has 1 saturated heterocycles. The van der Waals surface area contributed by atoms with Crippen LogP contribution in [0.1, 0.15) is 30.6 Å². The van der Waals surface area contributed by atoms with Crippen molar-refractivity contribution in [1.29, 1.82) is 0 Å². The van der Waals surface area contributed by atoms with Gasteiger partial charge in [-0.3, -0.25) is 4.79 Å². The van der Waals surface area contributed by atoms with Crippen molar-refractivity contribution in [2.24, 2.45) is 5.92 Å². The molecule has 1 atom stereocenters. The van der Waals surface area contributed by atoms with E-state index in [0.29, 0.717) is 35.8 Å². The van der Waals surface area contributed by atoms with Crippen LogP contribution in [-0.2, 0) is 9.84 Å². The standard InChI is InChI=1S/C18H27NO6S/c1-12(2)10-19(14-6-7-26(21,22)11-14)18(20)13-8-15(23-3)17(25-5)16(9-13)24-4/h8-9,12,14H,6-7,10-11H2,1-5H3/t14-/m1/s1. The van der Waals surface area contributed by atoms with Crippen molar-refractivity contribution < 1.29 is 27.4 Å². The number of nitrogens with zero attached hydrogens (tertiary/aromatic N) is 1. The van der Waals surface area contributed by atoms with Crippen LogP contribution in [0.3, 0.4) is 0 Å². The summed E-state index contributed by atoms with van der Waals surface area (Å²) in [5, 5.41) is 0. The van der Waals surface area contributed by atoms with E-state index in [4.69, 9.17) is 14.2 Å². The summed E-state index contributed by atoms with van der Waals surface area (Å²) >= 11 is 0. The fourth-order valence-corrected chi connectivity index (χ4v) is 4.91. The van der Waals surface area contributed by atoms with Gasteiger partial charge in [-0.2, -0.15) is 0 Å². The molecule has 1 aromatic rings. The van der Waals surface area contributed by atoms with Crippen LogP contribution in [0.4, 0.5) is 0 Å². The van der Waals surface area contributed by atoms with Gasteiger partial charge in [0.05, 0.1) is 32.8 Å². The van der Waals surface area contributed by atoms with Gasteiger partial charge in [-0.25, -0.2) is 8.42 Å². The SMILES string of the molecule is COc1cc(C(=O)N(CC(C)C)[C@@H]2CCS(=O)(=O)C2)cc(OC)c1OC. The summed E-state index contributed by atoms with van der Waals surface area (Å²) in [5.41, 5.74) is 0.379. The fraction of sp³-hybridized carbons (Fsp3) is 0.611. The molecule has 0 saturated carbocycles. The molecular weight excluding hydrogens is 358 g/mol. The molecule has 26 heavy (non-hydrogen) atoms. The molecule has 7 nitrogen and oxygen atoms in total. The average Bonchev–Trinajstić information content (AvgIpc) is 2.97. The second-order valence-electron chi connectivity index (χ2n) is 6.82. The molecule has 1 aromatic carbocycles. The van der Waals surface area contributed by atoms with Crippen LogP contribution in [0.15, 0.2) is 12.1 Å². The van der Waals surface area contributed by atoms with E-state index in [2.05, 4.69) is 0 Å². The Morgan fingerprint density at radius 3 is 2.12 bits per heavy atom. The second kappa shape index (κ2) is 8.16. The van der Waals surface area contributed by atoms with E-state index in [9.17, 15) is 13.2 Å². The van der Waals surface area contributed by atoms with Crippen molar-refractivity contribution >= 4 is 15.7 Å². The summed E-state index contributed by atoms with van der Waals surface area (Å²) in [7, 11) is 1.38. The van der Waals surface area contributed by atoms with Crippen LogP contribution in [-0.4, -0.2) is 64.6 Å². The molecule has 8 heteroatoms. The fourth-order valence-electron chi connectivity index (χ4n) is 3.18. The second-order valence-corrected chi connectivity index (χ2v) is 9.05. The number of sulfone groups is 1. The zero-order valence-electron chi connectivity index (χ0n) is 15.9. The third kappa shape index (κ3) is 4.41. The van der Waals surface area contributed by atoms with Gasteiger partial charge in [-0.1, -0.05) is 13.8 Å². The Labute approximate surface area is 155 Å². The molecular formula is C18H27NO6S. The highest BCUT2D eigenvalue weighted by molar-refractivity contribution is 7.91. The lowest BCUT2D eigenvalue weighted by atomic mass is 10.1. The maximum Gasteiger partial charge on any atom is 0.254 e. The van der Waals surface area contributed by atoms with Gasteiger partial charge in [0.15, 0.2) is 21.3 Å². The lowest BCUT2D eigenvalue weighted by Crippen LogP contribution is -2.43. The number of carbonyl (C=O) groups excluding carboxylic acids is 1. The first kappa shape index (κ1) is 20.4. The zero-order chi connectivity index (χ0) is 19.5. The smallest absolute Gasteiger partial charge is 0.254 e. The van der Waals surface area contributed by atoms with Crippen molar-refractivity contribution in [1.82, 2.24) is 4.90 Å². The Kier molecular flexibility index (Phi) is 6.39. The normalized spacial score (nSPS) is 18.6. The topological polar surface area (TPSA) is 82.1 Å². The highest BCUT2D eigenvalue weighted by atomic mass is 32.2. The first-order valence-electron chi connectivity index (χ1n) is 8.53. The Bertz CT molecular complexity index is 734. The lowest BCUT2D eigenvalue weighted by Gasteiger charge is -2.30. The van der Waals surface area contributed by atoms with Crippen molar-refractivity contribution in [2.45, 2.75) is 26.3 Å². The van der Waals surface area contributed by atoms with Crippen molar-refractivity contribution in [2.75, 3.05) is 39.4 Å². The van der Waals surface area contributed by atoms with E-state index >= 15 is 0 Å². The molecule has 0 aromatic heterocycles. The van der Waals surface area contributed by atoms with E-state index in [0.717, 1.165) is 0 Å². The average molecular weight is 385 g/mol. The van der Waals surface area contributed by atoms with Gasteiger partial charge in [0.1, 0.15) is 0 Å². The van der Waals surface area contributed by atoms with Crippen molar-refractivity contribution in [3.8, 4) is 17.2 Å². The molecule has 0 aliphatic carbocycles. The van der Waals surface area contributed by atoms with Gasteiger partial charge < -0.3 is 19.1 Å². The van der Waals surface area contributed by atoms with Crippen LogP contribution >= 0.6 is 0 Å². The van der Waals surface area contributed by atoms with E-state index in [-0.39, 0.29) is 29.4 Å². The number of amides is 1. The summed E-state index contributed by atoms with van der Waals surface area (Å²) < 4.78 is 39.7. The number of ether oxygens (including phenoxy) is 3. The Hall–Kier alpha value is -1.96. The predicted octanol–water partition coefficient (Wildman–Crippen LogP) is 2.00. The van der Waals surface area contributed by atoms with Gasteiger partial charge in [-0.05, 0) is 24.5 Å². The summed E-state index contributed by atoms with van der Waals surface area (Å²) in [6.45, 7) is 4.48. The molecule has 0 unspecified atom stereocenters. The third-order valence-corrected chi connectivity index (χ3v) is 6.13. The van der Waals surface area contributed by atoms with E-state index < -0.39 is 9.84 Å². The van der Waals surface area contributed by atoms with Gasteiger partial charge in [-0.15, -0.1) is 0 Å². The molecule has 146 valence electrons. The molecule has 1 amide bonds. The highest BCUT2D eigenvalue weighted by Crippen LogP contribution is 2.38. The minimum absolute atomic E-state index is 0.00981. The molecule has 1 aliphatic heterocycles. The van der Waals surface area contributed by atoms with Crippen LogP contribution in [0.25, 0.3) is 0 Å². The summed E-state index contributed by atoms with van der Waals surface area (Å²) in [5.74, 6) is 1.29. The molecule has 1 aliphatic rings. The molecule has 1 fully saturated rings. The van der Waals surface area contributed by atoms with Crippen LogP contribution < -0.4 is 14.2 Å². The number of benzene rings is 1. The largest absolute Gasteiger partial charge is 0.493 e. The molecule has 2 rings (SSSR count). The van der Waals surface area contributed by atoms with Crippen molar-refractivity contribution in [3.63, 3.8) is 0 Å². The third-order valence-electron chi connectivity index (χ3n) is 4.38. The number of carbonyl (C=O) groups is 1. The number of hydrogen-bond acceptors (Lipinski definition) is 6. The quantitative estimate of drug-likeness (QED) is 0.714. The van der Waals surface area contributed by atoms with Crippen LogP contribution in [0, 0.1) is 5.92 Å². The zero-order valence-corrected chi connectivity index (χ0v) is 16.8. The van der Waals surface area contributed by atoms with E-state index in [1.165, 1.54) is 21.3 Å². The Balaban J connectivity index is 2.42. The van der Waals surface area contributed by atoms with Gasteiger partial charge in [0.25, 0.3) is 5.91 Å². The minimum atomic E-state index is -3.09. The predicted molar refractivity (Wildman–Crippen MR) is 99.0 cm³/mol.